The normalized spacial score (nSPS) is 11.2. The Balaban J connectivity index is 0. The van der Waals surface area contributed by atoms with Gasteiger partial charge in [0.05, 0.1) is 12.3 Å². The van der Waals surface area contributed by atoms with Crippen LogP contribution in [0.25, 0.3) is 0 Å². The number of carboxylic acid groups (broad SMARTS) is 3. The quantitative estimate of drug-likeness (QED) is 0.411. The van der Waals surface area contributed by atoms with Crippen molar-refractivity contribution in [1.29, 1.82) is 0 Å². The van der Waals surface area contributed by atoms with Gasteiger partial charge in [-0.05, 0) is 0 Å². The van der Waals surface area contributed by atoms with E-state index in [-0.39, 0.29) is 29.6 Å². The molecule has 0 radical (unpaired) electrons. The van der Waals surface area contributed by atoms with Gasteiger partial charge in [0, 0.05) is 0 Å². The summed E-state index contributed by atoms with van der Waals surface area (Å²) in [6.07, 6.45) is -0.942. The van der Waals surface area contributed by atoms with Crippen molar-refractivity contribution in [3.05, 3.63) is 0 Å². The molecule has 0 spiro atoms. The molecule has 92 valence electrons. The van der Waals surface area contributed by atoms with Crippen LogP contribution >= 0.6 is 11.9 Å². The number of hydrogen-bond donors (Lipinski definition) is 3. The van der Waals surface area contributed by atoms with Gasteiger partial charge in [-0.1, -0.05) is 0 Å². The van der Waals surface area contributed by atoms with E-state index < -0.39 is 42.1 Å². The SMILES string of the molecule is O=C(CC(C(=O)O)C(C(=O)O)C(=O)O)OCl.[NaH]. The Kier molecular flexibility index (Phi) is 9.04. The third kappa shape index (κ3) is 5.87. The van der Waals surface area contributed by atoms with Crippen LogP contribution in [-0.4, -0.2) is 68.8 Å². The van der Waals surface area contributed by atoms with Crippen LogP contribution in [0.5, 0.6) is 0 Å². The second-order valence-electron chi connectivity index (χ2n) is 2.75. The molecule has 0 aliphatic rings. The summed E-state index contributed by atoms with van der Waals surface area (Å²) in [7, 11) is 0. The average molecular weight is 279 g/mol. The Bertz CT molecular complexity index is 316. The molecule has 0 heterocycles. The van der Waals surface area contributed by atoms with Crippen molar-refractivity contribution in [2.24, 2.45) is 11.8 Å². The van der Waals surface area contributed by atoms with E-state index >= 15 is 0 Å². The second-order valence-corrected chi connectivity index (χ2v) is 2.91. The van der Waals surface area contributed by atoms with Crippen molar-refractivity contribution in [2.75, 3.05) is 0 Å². The first-order valence-electron chi connectivity index (χ1n) is 3.81. The molecule has 17 heavy (non-hydrogen) atoms. The third-order valence-electron chi connectivity index (χ3n) is 1.72. The van der Waals surface area contributed by atoms with Crippen molar-refractivity contribution in [2.45, 2.75) is 6.42 Å². The van der Waals surface area contributed by atoms with Gasteiger partial charge in [0.25, 0.3) is 0 Å². The summed E-state index contributed by atoms with van der Waals surface area (Å²) in [5, 5.41) is 25.6. The topological polar surface area (TPSA) is 138 Å². The minimum absolute atomic E-state index is 0. The van der Waals surface area contributed by atoms with E-state index in [4.69, 9.17) is 15.3 Å². The van der Waals surface area contributed by atoms with Crippen molar-refractivity contribution in [1.82, 2.24) is 0 Å². The van der Waals surface area contributed by atoms with Crippen LogP contribution in [0.1, 0.15) is 6.42 Å². The number of hydrogen-bond acceptors (Lipinski definition) is 5. The summed E-state index contributed by atoms with van der Waals surface area (Å²) in [6.45, 7) is 0. The number of halogens is 1. The molecule has 0 bridgehead atoms. The summed E-state index contributed by atoms with van der Waals surface area (Å²) in [4.78, 5) is 42.4. The molecule has 0 aromatic carbocycles. The fourth-order valence-corrected chi connectivity index (χ4v) is 1.07. The molecule has 0 rings (SSSR count). The van der Waals surface area contributed by atoms with Crippen LogP contribution < -0.4 is 0 Å². The molecule has 1 unspecified atom stereocenters. The molecule has 0 saturated heterocycles. The molecule has 1 atom stereocenters. The van der Waals surface area contributed by atoms with Crippen molar-refractivity contribution in [3.8, 4) is 0 Å². The fourth-order valence-electron chi connectivity index (χ4n) is 1.01. The second kappa shape index (κ2) is 8.29. The van der Waals surface area contributed by atoms with Gasteiger partial charge in [-0.15, -0.1) is 0 Å². The zero-order valence-electron chi connectivity index (χ0n) is 7.62. The molecule has 0 aromatic heterocycles. The van der Waals surface area contributed by atoms with Gasteiger partial charge >= 0.3 is 53.4 Å². The zero-order chi connectivity index (χ0) is 12.9. The number of aliphatic carboxylic acids is 3. The molecular weight excluding hydrogens is 271 g/mol. The van der Waals surface area contributed by atoms with Crippen LogP contribution in [0.3, 0.4) is 0 Å². The van der Waals surface area contributed by atoms with E-state index in [1.165, 1.54) is 0 Å². The molecule has 3 N–H and O–H groups in total. The van der Waals surface area contributed by atoms with Crippen LogP contribution in [-0.2, 0) is 23.5 Å². The van der Waals surface area contributed by atoms with Gasteiger partial charge < -0.3 is 19.6 Å². The predicted octanol–water partition coefficient (Wildman–Crippen LogP) is -1.09. The van der Waals surface area contributed by atoms with E-state index in [1.54, 1.807) is 0 Å². The molecule has 10 heteroatoms. The maximum absolute atomic E-state index is 10.7. The molecule has 0 aliphatic carbocycles. The van der Waals surface area contributed by atoms with Gasteiger partial charge in [0.1, 0.15) is 11.9 Å². The van der Waals surface area contributed by atoms with Gasteiger partial charge in [-0.25, -0.2) is 0 Å². The Morgan fingerprint density at radius 2 is 1.41 bits per heavy atom. The molecule has 0 fully saturated rings. The van der Waals surface area contributed by atoms with E-state index in [9.17, 15) is 19.2 Å². The van der Waals surface area contributed by atoms with Gasteiger partial charge in [-0.2, -0.15) is 0 Å². The minimum atomic E-state index is -2.24. The Hall–Kier alpha value is -0.830. The third-order valence-corrected chi connectivity index (χ3v) is 1.90. The molecule has 0 aromatic rings. The predicted molar refractivity (Wildman–Crippen MR) is 53.6 cm³/mol. The summed E-state index contributed by atoms with van der Waals surface area (Å²) in [6, 6.07) is 0. The Labute approximate surface area is 122 Å². The zero-order valence-corrected chi connectivity index (χ0v) is 8.38. The first-order valence-corrected chi connectivity index (χ1v) is 4.12. The van der Waals surface area contributed by atoms with Crippen molar-refractivity contribution in [3.63, 3.8) is 0 Å². The van der Waals surface area contributed by atoms with Crippen LogP contribution in [0.2, 0.25) is 0 Å². The number of carbonyl (C=O) groups excluding carboxylic acids is 1. The maximum atomic E-state index is 10.7. The summed E-state index contributed by atoms with van der Waals surface area (Å²) in [5.41, 5.74) is 0. The summed E-state index contributed by atoms with van der Waals surface area (Å²) >= 11 is 4.63. The Morgan fingerprint density at radius 3 is 1.65 bits per heavy atom. The van der Waals surface area contributed by atoms with E-state index in [1.807, 2.05) is 0 Å². The van der Waals surface area contributed by atoms with Crippen LogP contribution in [0.15, 0.2) is 0 Å². The summed E-state index contributed by atoms with van der Waals surface area (Å²) in [5.74, 6) is -10.9. The average Bonchev–Trinajstić information content (AvgIpc) is 2.14. The van der Waals surface area contributed by atoms with Gasteiger partial charge in [0.15, 0.2) is 5.92 Å². The first-order chi connectivity index (χ1) is 7.31. The van der Waals surface area contributed by atoms with Crippen molar-refractivity contribution >= 4 is 65.3 Å². The molecule has 0 saturated carbocycles. The molecule has 0 amide bonds. The van der Waals surface area contributed by atoms with Crippen LogP contribution in [0, 0.1) is 11.8 Å². The number of rotatable bonds is 6. The van der Waals surface area contributed by atoms with Crippen LogP contribution in [0.4, 0.5) is 0 Å². The molecular formula is C7H8ClNaO8. The first kappa shape index (κ1) is 18.5. The summed E-state index contributed by atoms with van der Waals surface area (Å²) < 4.78 is 3.62. The van der Waals surface area contributed by atoms with Gasteiger partial charge in [-0.3, -0.25) is 19.2 Å². The number of carbonyl (C=O) groups is 4. The van der Waals surface area contributed by atoms with E-state index in [0.29, 0.717) is 0 Å². The number of carboxylic acids is 3. The van der Waals surface area contributed by atoms with Crippen molar-refractivity contribution < 1.29 is 38.8 Å². The molecule has 8 nitrogen and oxygen atoms in total. The Morgan fingerprint density at radius 1 is 1.00 bits per heavy atom. The monoisotopic (exact) mass is 278 g/mol. The fraction of sp³-hybridized carbons (Fsp3) is 0.429. The standard InChI is InChI=1S/C7H7ClO8.Na.H/c8-16-3(9)1-2(5(10)11)4(6(12)13)7(14)15;;/h2,4H,1H2,(H,10,11)(H,12,13)(H,14,15);;. The van der Waals surface area contributed by atoms with E-state index in [0.717, 1.165) is 0 Å². The van der Waals surface area contributed by atoms with Gasteiger partial charge in [0.2, 0.25) is 0 Å². The molecule has 0 aliphatic heterocycles. The van der Waals surface area contributed by atoms with E-state index in [2.05, 4.69) is 16.2 Å².